The highest BCUT2D eigenvalue weighted by Crippen LogP contribution is 2.22. The molecule has 1 heterocycles. The minimum absolute atomic E-state index is 0.112. The number of likely N-dealkylation sites (N-methyl/N-ethyl adjacent to an activating group) is 1. The van der Waals surface area contributed by atoms with Crippen LogP contribution in [-0.4, -0.2) is 55.0 Å². The normalized spacial score (nSPS) is 19.3. The molecule has 0 saturated carbocycles. The van der Waals surface area contributed by atoms with Gasteiger partial charge in [0.25, 0.3) is 0 Å². The molecule has 0 radical (unpaired) electrons. The van der Waals surface area contributed by atoms with E-state index >= 15 is 0 Å². The molecule has 0 atom stereocenters. The second-order valence-electron chi connectivity index (χ2n) is 3.85. The Kier molecular flexibility index (Phi) is 3.96. The molecule has 1 saturated heterocycles. The van der Waals surface area contributed by atoms with Crippen molar-refractivity contribution in [1.29, 1.82) is 5.41 Å². The fraction of sp³-hybridized carbons (Fsp3) is 0.889. The second kappa shape index (κ2) is 4.83. The number of hydrogen-bond donors (Lipinski definition) is 1. The van der Waals surface area contributed by atoms with Crippen molar-refractivity contribution in [3.63, 3.8) is 0 Å². The molecule has 0 bridgehead atoms. The van der Waals surface area contributed by atoms with Crippen LogP contribution in [0, 0.1) is 5.41 Å². The van der Waals surface area contributed by atoms with Crippen LogP contribution in [-0.2, 0) is 0 Å². The number of amidine groups is 1. The summed E-state index contributed by atoms with van der Waals surface area (Å²) in [4.78, 5) is 3.83. The Balaban J connectivity index is 2.29. The van der Waals surface area contributed by atoms with Gasteiger partial charge in [0.05, 0.1) is 12.3 Å². The summed E-state index contributed by atoms with van der Waals surface area (Å²) in [5, 5.41) is 7.54. The summed E-state index contributed by atoms with van der Waals surface area (Å²) in [7, 11) is 1.97. The standard InChI is InChI=1S/C9H16F3N3/c1-14-4-6-15(7-5-14)8(13)2-3-9(10,11)12/h13H,2-7H2,1H3. The number of piperazine rings is 1. The van der Waals surface area contributed by atoms with Crippen LogP contribution in [0.5, 0.6) is 0 Å². The third-order valence-corrected chi connectivity index (χ3v) is 2.53. The van der Waals surface area contributed by atoms with Gasteiger partial charge in [0.15, 0.2) is 0 Å². The summed E-state index contributed by atoms with van der Waals surface area (Å²) in [6.07, 6.45) is -5.25. The van der Waals surface area contributed by atoms with E-state index in [1.807, 2.05) is 7.05 Å². The van der Waals surface area contributed by atoms with Crippen LogP contribution in [0.2, 0.25) is 0 Å². The maximum atomic E-state index is 11.9. The summed E-state index contributed by atoms with van der Waals surface area (Å²) in [6, 6.07) is 0. The molecule has 0 unspecified atom stereocenters. The van der Waals surface area contributed by atoms with Gasteiger partial charge in [-0.1, -0.05) is 0 Å². The molecule has 0 aliphatic carbocycles. The van der Waals surface area contributed by atoms with Crippen LogP contribution in [0.15, 0.2) is 0 Å². The first-order chi connectivity index (χ1) is 6.88. The predicted octanol–water partition coefficient (Wildman–Crippen LogP) is 1.55. The molecule has 1 aliphatic heterocycles. The van der Waals surface area contributed by atoms with Crippen molar-refractivity contribution in [1.82, 2.24) is 9.80 Å². The van der Waals surface area contributed by atoms with Crippen molar-refractivity contribution in [3.8, 4) is 0 Å². The number of halogens is 3. The van der Waals surface area contributed by atoms with Gasteiger partial charge < -0.3 is 9.80 Å². The van der Waals surface area contributed by atoms with Crippen LogP contribution >= 0.6 is 0 Å². The van der Waals surface area contributed by atoms with E-state index < -0.39 is 12.6 Å². The van der Waals surface area contributed by atoms with Crippen molar-refractivity contribution in [2.75, 3.05) is 33.2 Å². The average Bonchev–Trinajstić information content (AvgIpc) is 2.14. The first kappa shape index (κ1) is 12.3. The van der Waals surface area contributed by atoms with Gasteiger partial charge in [-0.25, -0.2) is 0 Å². The highest BCUT2D eigenvalue weighted by atomic mass is 19.4. The number of hydrogen-bond acceptors (Lipinski definition) is 2. The lowest BCUT2D eigenvalue weighted by atomic mass is 10.2. The third kappa shape index (κ3) is 4.51. The molecule has 0 aromatic carbocycles. The lowest BCUT2D eigenvalue weighted by Gasteiger charge is -2.34. The Hall–Kier alpha value is -0.780. The minimum Gasteiger partial charge on any atom is -0.358 e. The van der Waals surface area contributed by atoms with E-state index in [2.05, 4.69) is 4.90 Å². The lowest BCUT2D eigenvalue weighted by Crippen LogP contribution is -2.47. The molecule has 15 heavy (non-hydrogen) atoms. The smallest absolute Gasteiger partial charge is 0.358 e. The highest BCUT2D eigenvalue weighted by Gasteiger charge is 2.28. The van der Waals surface area contributed by atoms with Crippen molar-refractivity contribution in [2.45, 2.75) is 19.0 Å². The van der Waals surface area contributed by atoms with Gasteiger partial charge in [0.2, 0.25) is 0 Å². The van der Waals surface area contributed by atoms with Gasteiger partial charge in [0.1, 0.15) is 0 Å². The summed E-state index contributed by atoms with van der Waals surface area (Å²) < 4.78 is 35.8. The maximum Gasteiger partial charge on any atom is 0.389 e. The number of alkyl halides is 3. The fourth-order valence-electron chi connectivity index (χ4n) is 1.49. The van der Waals surface area contributed by atoms with Crippen molar-refractivity contribution in [2.24, 2.45) is 0 Å². The van der Waals surface area contributed by atoms with Gasteiger partial charge in [0, 0.05) is 32.6 Å². The zero-order valence-electron chi connectivity index (χ0n) is 8.77. The Morgan fingerprint density at radius 1 is 1.20 bits per heavy atom. The van der Waals surface area contributed by atoms with E-state index in [0.29, 0.717) is 13.1 Å². The number of nitrogens with one attached hydrogen (secondary N) is 1. The summed E-state index contributed by atoms with van der Waals surface area (Å²) in [5.74, 6) is 0.112. The van der Waals surface area contributed by atoms with E-state index in [9.17, 15) is 13.2 Å². The molecule has 88 valence electrons. The number of rotatable bonds is 2. The molecule has 1 rings (SSSR count). The monoisotopic (exact) mass is 223 g/mol. The van der Waals surface area contributed by atoms with Gasteiger partial charge in [-0.05, 0) is 7.05 Å². The first-order valence-corrected chi connectivity index (χ1v) is 4.96. The molecule has 0 amide bonds. The second-order valence-corrected chi connectivity index (χ2v) is 3.85. The van der Waals surface area contributed by atoms with E-state index in [-0.39, 0.29) is 12.3 Å². The Morgan fingerprint density at radius 3 is 2.20 bits per heavy atom. The van der Waals surface area contributed by atoms with Gasteiger partial charge in [-0.15, -0.1) is 0 Å². The Morgan fingerprint density at radius 2 is 1.73 bits per heavy atom. The van der Waals surface area contributed by atoms with Crippen LogP contribution < -0.4 is 0 Å². The van der Waals surface area contributed by atoms with Gasteiger partial charge >= 0.3 is 6.18 Å². The molecule has 1 aliphatic rings. The zero-order chi connectivity index (χ0) is 11.5. The molecule has 1 fully saturated rings. The first-order valence-electron chi connectivity index (χ1n) is 4.96. The minimum atomic E-state index is -4.15. The van der Waals surface area contributed by atoms with Crippen LogP contribution in [0.1, 0.15) is 12.8 Å². The maximum absolute atomic E-state index is 11.9. The third-order valence-electron chi connectivity index (χ3n) is 2.53. The van der Waals surface area contributed by atoms with Gasteiger partial charge in [-0.2, -0.15) is 13.2 Å². The van der Waals surface area contributed by atoms with Crippen LogP contribution in [0.3, 0.4) is 0 Å². The zero-order valence-corrected chi connectivity index (χ0v) is 8.77. The Labute approximate surface area is 87.4 Å². The molecular formula is C9H16F3N3. The largest absolute Gasteiger partial charge is 0.389 e. The van der Waals surface area contributed by atoms with Crippen molar-refractivity contribution < 1.29 is 13.2 Å². The predicted molar refractivity (Wildman–Crippen MR) is 52.1 cm³/mol. The molecule has 6 heteroatoms. The summed E-state index contributed by atoms with van der Waals surface area (Å²) in [6.45, 7) is 2.95. The Bertz CT molecular complexity index is 219. The van der Waals surface area contributed by atoms with Crippen molar-refractivity contribution >= 4 is 5.84 Å². The topological polar surface area (TPSA) is 30.3 Å². The van der Waals surface area contributed by atoms with E-state index in [4.69, 9.17) is 5.41 Å². The fourth-order valence-corrected chi connectivity index (χ4v) is 1.49. The lowest BCUT2D eigenvalue weighted by molar-refractivity contribution is -0.133. The molecule has 0 spiro atoms. The SMILES string of the molecule is CN1CCN(C(=N)CCC(F)(F)F)CC1. The van der Waals surface area contributed by atoms with E-state index in [1.54, 1.807) is 4.90 Å². The van der Waals surface area contributed by atoms with Gasteiger partial charge in [-0.3, -0.25) is 5.41 Å². The molecule has 0 aromatic heterocycles. The molecular weight excluding hydrogens is 207 g/mol. The van der Waals surface area contributed by atoms with Crippen LogP contribution in [0.4, 0.5) is 13.2 Å². The van der Waals surface area contributed by atoms with Crippen molar-refractivity contribution in [3.05, 3.63) is 0 Å². The summed E-state index contributed by atoms with van der Waals surface area (Å²) >= 11 is 0. The molecule has 3 nitrogen and oxygen atoms in total. The number of nitrogens with zero attached hydrogens (tertiary/aromatic N) is 2. The molecule has 0 aromatic rings. The van der Waals surface area contributed by atoms with E-state index in [0.717, 1.165) is 13.1 Å². The van der Waals surface area contributed by atoms with E-state index in [1.165, 1.54) is 0 Å². The molecule has 1 N–H and O–H groups in total. The average molecular weight is 223 g/mol. The quantitative estimate of drug-likeness (QED) is 0.568. The van der Waals surface area contributed by atoms with Crippen LogP contribution in [0.25, 0.3) is 0 Å². The highest BCUT2D eigenvalue weighted by molar-refractivity contribution is 5.79. The summed E-state index contributed by atoms with van der Waals surface area (Å²) in [5.41, 5.74) is 0.